The minimum Gasteiger partial charge on any atom is -1.00 e. The van der Waals surface area contributed by atoms with Crippen molar-refractivity contribution in [3.63, 3.8) is 0 Å². The van der Waals surface area contributed by atoms with E-state index in [1.54, 1.807) is 6.33 Å². The second-order valence-electron chi connectivity index (χ2n) is 5.92. The summed E-state index contributed by atoms with van der Waals surface area (Å²) in [7, 11) is 0. The predicted molar refractivity (Wildman–Crippen MR) is 99.0 cm³/mol. The van der Waals surface area contributed by atoms with Crippen LogP contribution in [-0.4, -0.2) is 20.6 Å². The summed E-state index contributed by atoms with van der Waals surface area (Å²) >= 11 is 0. The Labute approximate surface area is 164 Å². The normalized spacial score (nSPS) is 10.5. The molecule has 4 rings (SSSR count). The molecule has 1 aromatic heterocycles. The van der Waals surface area contributed by atoms with E-state index in [0.717, 1.165) is 33.4 Å². The van der Waals surface area contributed by atoms with Gasteiger partial charge in [-0.25, -0.2) is 4.98 Å². The zero-order valence-corrected chi connectivity index (χ0v) is 14.5. The largest absolute Gasteiger partial charge is 1.00 e. The van der Waals surface area contributed by atoms with E-state index in [2.05, 4.69) is 35.3 Å². The van der Waals surface area contributed by atoms with Crippen LogP contribution in [0.5, 0.6) is 0 Å². The van der Waals surface area contributed by atoms with Crippen LogP contribution >= 0.6 is 0 Å². The van der Waals surface area contributed by atoms with Crippen LogP contribution in [0.3, 0.4) is 0 Å². The molecule has 0 atom stereocenters. The molecular weight excluding hydrogens is 319 g/mol. The molecule has 4 aromatic rings. The number of rotatable bonds is 4. The van der Waals surface area contributed by atoms with Crippen molar-refractivity contribution in [2.24, 2.45) is 0 Å². The Morgan fingerprint density at radius 1 is 0.962 bits per heavy atom. The van der Waals surface area contributed by atoms with Crippen molar-refractivity contribution in [3.8, 4) is 16.8 Å². The summed E-state index contributed by atoms with van der Waals surface area (Å²) < 4.78 is 2.01. The predicted octanol–water partition coefficient (Wildman–Crippen LogP) is 1.44. The maximum atomic E-state index is 10.8. The average molecular weight is 336 g/mol. The van der Waals surface area contributed by atoms with Gasteiger partial charge >= 0.3 is 24.8 Å². The summed E-state index contributed by atoms with van der Waals surface area (Å²) in [6.45, 7) is 0. The molecule has 124 valence electrons. The van der Waals surface area contributed by atoms with E-state index >= 15 is 0 Å². The van der Waals surface area contributed by atoms with Gasteiger partial charge in [0.2, 0.25) is 0 Å². The van der Waals surface area contributed by atoms with E-state index < -0.39 is 5.97 Å². The Balaban J connectivity index is 0.00000131. The van der Waals surface area contributed by atoms with Crippen molar-refractivity contribution in [3.05, 3.63) is 84.7 Å². The van der Waals surface area contributed by atoms with E-state index in [-0.39, 0.29) is 26.7 Å². The molecule has 0 saturated carbocycles. The van der Waals surface area contributed by atoms with Crippen LogP contribution in [0.25, 0.3) is 27.8 Å². The zero-order chi connectivity index (χ0) is 17.2. The quantitative estimate of drug-likeness (QED) is 0.574. The molecule has 1 N–H and O–H groups in total. The van der Waals surface area contributed by atoms with Gasteiger partial charge in [0.1, 0.15) is 6.33 Å². The number of hydrogen-bond donors (Lipinski definition) is 1. The third-order valence-corrected chi connectivity index (χ3v) is 4.22. The maximum absolute atomic E-state index is 10.8. The van der Waals surface area contributed by atoms with Crippen molar-refractivity contribution in [1.82, 2.24) is 9.55 Å². The van der Waals surface area contributed by atoms with Gasteiger partial charge in [0, 0.05) is 5.69 Å². The molecule has 1 heterocycles. The number of imidazole rings is 1. The van der Waals surface area contributed by atoms with Crippen LogP contribution in [0, 0.1) is 0 Å². The molecule has 0 unspecified atom stereocenters. The van der Waals surface area contributed by atoms with Gasteiger partial charge < -0.3 is 6.53 Å². The van der Waals surface area contributed by atoms with Crippen LogP contribution in [0.15, 0.2) is 79.1 Å². The molecule has 3 aromatic carbocycles. The number of carboxylic acids is 1. The number of aliphatic carboxylic acids is 1. The first-order chi connectivity index (χ1) is 12.2. The van der Waals surface area contributed by atoms with Crippen molar-refractivity contribution in [2.75, 3.05) is 0 Å². The van der Waals surface area contributed by atoms with Gasteiger partial charge in [-0.1, -0.05) is 48.5 Å². The van der Waals surface area contributed by atoms with Crippen LogP contribution in [-0.2, 0) is 11.2 Å². The van der Waals surface area contributed by atoms with Crippen LogP contribution in [0.2, 0.25) is 0 Å². The third-order valence-electron chi connectivity index (χ3n) is 4.22. The molecule has 0 amide bonds. The molecule has 0 aliphatic heterocycles. The summed E-state index contributed by atoms with van der Waals surface area (Å²) in [6, 6.07) is 24.0. The van der Waals surface area contributed by atoms with Crippen molar-refractivity contribution >= 4 is 17.0 Å². The maximum Gasteiger partial charge on any atom is 1.00 e. The number of hydrogen-bond acceptors (Lipinski definition) is 2. The molecule has 0 aliphatic rings. The number of fused-ring (bicyclic) bond motifs is 1. The summed E-state index contributed by atoms with van der Waals surface area (Å²) in [6.07, 6.45) is 1.83. The number of benzene rings is 3. The van der Waals surface area contributed by atoms with Gasteiger partial charge in [-0.2, -0.15) is 0 Å². The Morgan fingerprint density at radius 2 is 1.69 bits per heavy atom. The minimum absolute atomic E-state index is 0. The van der Waals surface area contributed by atoms with Crippen molar-refractivity contribution < 1.29 is 30.2 Å². The fourth-order valence-corrected chi connectivity index (χ4v) is 2.98. The average Bonchev–Trinajstić information content (AvgIpc) is 3.06. The number of carbonyl (C=O) groups is 1. The molecule has 0 bridgehead atoms. The Morgan fingerprint density at radius 3 is 2.38 bits per heavy atom. The van der Waals surface area contributed by atoms with Crippen LogP contribution < -0.4 is 18.9 Å². The Kier molecular flexibility index (Phi) is 5.27. The van der Waals surface area contributed by atoms with Crippen LogP contribution in [0.4, 0.5) is 0 Å². The first-order valence-electron chi connectivity index (χ1n) is 8.04. The summed E-state index contributed by atoms with van der Waals surface area (Å²) in [5, 5.41) is 8.87. The molecule has 0 fully saturated rings. The van der Waals surface area contributed by atoms with Gasteiger partial charge in [-0.3, -0.25) is 9.36 Å². The standard InChI is InChI=1S/C21H16N2O2.Li.H/c24-21(25)12-15-6-9-18(10-7-15)23-14-22-19-13-17(8-11-20(19)23)16-4-2-1-3-5-16;;/h1-11,13-14H,12H2,(H,24,25);;/q;+1;-1. The third kappa shape index (κ3) is 3.57. The zero-order valence-electron chi connectivity index (χ0n) is 15.5. The summed E-state index contributed by atoms with van der Waals surface area (Å²) in [5.74, 6) is -0.825. The molecule has 4 nitrogen and oxygen atoms in total. The van der Waals surface area contributed by atoms with Crippen LogP contribution in [0.1, 0.15) is 6.99 Å². The molecule has 0 saturated heterocycles. The topological polar surface area (TPSA) is 55.1 Å². The smallest absolute Gasteiger partial charge is 1.00 e. The monoisotopic (exact) mass is 336 g/mol. The van der Waals surface area contributed by atoms with Gasteiger partial charge in [-0.15, -0.1) is 0 Å². The first kappa shape index (κ1) is 18.0. The molecule has 0 radical (unpaired) electrons. The number of nitrogens with zero attached hydrogens (tertiary/aromatic N) is 2. The van der Waals surface area contributed by atoms with E-state index in [1.165, 1.54) is 0 Å². The number of aromatic nitrogens is 2. The Bertz CT molecular complexity index is 1050. The second-order valence-corrected chi connectivity index (χ2v) is 5.92. The molecule has 26 heavy (non-hydrogen) atoms. The van der Waals surface area contributed by atoms with Gasteiger partial charge in [0.25, 0.3) is 0 Å². The van der Waals surface area contributed by atoms with Crippen molar-refractivity contribution in [2.45, 2.75) is 6.42 Å². The summed E-state index contributed by atoms with van der Waals surface area (Å²) in [4.78, 5) is 15.3. The fourth-order valence-electron chi connectivity index (χ4n) is 2.98. The second kappa shape index (κ2) is 7.61. The number of carboxylic acid groups (broad SMARTS) is 1. The molecule has 0 spiro atoms. The fraction of sp³-hybridized carbons (Fsp3) is 0.0476. The minimum atomic E-state index is -0.825. The van der Waals surface area contributed by atoms with E-state index in [0.29, 0.717) is 0 Å². The van der Waals surface area contributed by atoms with E-state index in [4.69, 9.17) is 5.11 Å². The van der Waals surface area contributed by atoms with Gasteiger partial charge in [-0.05, 0) is 41.0 Å². The first-order valence-corrected chi connectivity index (χ1v) is 8.04. The SMILES string of the molecule is O=C(O)Cc1ccc(-n2cnc3cc(-c4ccccc4)ccc32)cc1.[H-].[Li+]. The van der Waals surface area contributed by atoms with Gasteiger partial charge in [0.05, 0.1) is 17.5 Å². The van der Waals surface area contributed by atoms with Crippen molar-refractivity contribution in [1.29, 1.82) is 0 Å². The van der Waals surface area contributed by atoms with Gasteiger partial charge in [0.15, 0.2) is 0 Å². The molecular formula is C21H17LiN2O2. The summed E-state index contributed by atoms with van der Waals surface area (Å²) in [5.41, 5.74) is 5.99. The van der Waals surface area contributed by atoms with E-state index in [1.807, 2.05) is 47.0 Å². The van der Waals surface area contributed by atoms with E-state index in [9.17, 15) is 4.79 Å². The molecule has 5 heteroatoms. The Hall–Kier alpha value is -2.80. The molecule has 0 aliphatic carbocycles.